The molecule has 0 radical (unpaired) electrons. The maximum atomic E-state index is 12.3. The van der Waals surface area contributed by atoms with Gasteiger partial charge in [0, 0.05) is 11.5 Å². The molecule has 0 saturated carbocycles. The van der Waals surface area contributed by atoms with Crippen molar-refractivity contribution in [3.8, 4) is 0 Å². The van der Waals surface area contributed by atoms with Gasteiger partial charge < -0.3 is 16.4 Å². The van der Waals surface area contributed by atoms with Gasteiger partial charge in [0.05, 0.1) is 5.56 Å². The Kier molecular flexibility index (Phi) is 7.56. The summed E-state index contributed by atoms with van der Waals surface area (Å²) in [5.74, 6) is 0.269. The molecule has 0 saturated heterocycles. The van der Waals surface area contributed by atoms with E-state index in [1.54, 1.807) is 11.4 Å². The molecule has 146 valence electrons. The largest absolute Gasteiger partial charge is 0.366 e. The predicted octanol–water partition coefficient (Wildman–Crippen LogP) is 3.26. The Morgan fingerprint density at radius 1 is 1.11 bits per heavy atom. The second kappa shape index (κ2) is 9.67. The van der Waals surface area contributed by atoms with Crippen molar-refractivity contribution in [2.45, 2.75) is 46.1 Å². The number of quaternary nitrogens is 1. The van der Waals surface area contributed by atoms with E-state index >= 15 is 0 Å². The van der Waals surface area contributed by atoms with E-state index in [1.165, 1.54) is 22.5 Å². The molecule has 1 heterocycles. The molecule has 2 amide bonds. The Balaban J connectivity index is 2.00. The molecule has 5 nitrogen and oxygen atoms in total. The zero-order valence-corrected chi connectivity index (χ0v) is 17.3. The monoisotopic (exact) mass is 388 g/mol. The first-order valence-electron chi connectivity index (χ1n) is 9.43. The molecule has 5 N–H and O–H groups in total. The molecule has 1 aromatic heterocycles. The molecule has 2 atom stereocenters. The van der Waals surface area contributed by atoms with Gasteiger partial charge in [-0.1, -0.05) is 52.0 Å². The van der Waals surface area contributed by atoms with E-state index in [1.807, 2.05) is 0 Å². The van der Waals surface area contributed by atoms with Crippen LogP contribution in [0.2, 0.25) is 0 Å². The Morgan fingerprint density at radius 3 is 2.30 bits per heavy atom. The summed E-state index contributed by atoms with van der Waals surface area (Å²) in [5.41, 5.74) is 8.25. The summed E-state index contributed by atoms with van der Waals surface area (Å²) >= 11 is 1.30. The van der Waals surface area contributed by atoms with Crippen molar-refractivity contribution in [2.75, 3.05) is 11.9 Å². The van der Waals surface area contributed by atoms with Crippen molar-refractivity contribution >= 4 is 28.2 Å². The van der Waals surface area contributed by atoms with Gasteiger partial charge in [0.1, 0.15) is 11.0 Å². The lowest BCUT2D eigenvalue weighted by atomic mass is 9.92. The molecule has 0 unspecified atom stereocenters. The lowest BCUT2D eigenvalue weighted by Crippen LogP contribution is -2.88. The number of hydrogen-bond acceptors (Lipinski definition) is 3. The van der Waals surface area contributed by atoms with E-state index in [0.717, 1.165) is 6.42 Å². The summed E-state index contributed by atoms with van der Waals surface area (Å²) in [6.07, 6.45) is 1.12. The third-order valence-electron chi connectivity index (χ3n) is 4.96. The van der Waals surface area contributed by atoms with Crippen molar-refractivity contribution in [3.63, 3.8) is 0 Å². The van der Waals surface area contributed by atoms with Gasteiger partial charge in [0.2, 0.25) is 0 Å². The van der Waals surface area contributed by atoms with Crippen LogP contribution in [0, 0.1) is 5.92 Å². The zero-order valence-electron chi connectivity index (χ0n) is 16.5. The number of nitrogens with one attached hydrogen (secondary N) is 1. The van der Waals surface area contributed by atoms with Crippen molar-refractivity contribution in [1.82, 2.24) is 0 Å². The number of anilines is 1. The number of carbonyl (C=O) groups is 2. The highest BCUT2D eigenvalue weighted by Gasteiger charge is 2.21. The first kappa shape index (κ1) is 21.1. The van der Waals surface area contributed by atoms with Crippen LogP contribution in [0.5, 0.6) is 0 Å². The molecule has 2 rings (SSSR count). The summed E-state index contributed by atoms with van der Waals surface area (Å²) in [6.45, 7) is 9.03. The van der Waals surface area contributed by atoms with E-state index < -0.39 is 5.91 Å². The molecule has 27 heavy (non-hydrogen) atoms. The van der Waals surface area contributed by atoms with Crippen LogP contribution in [0.3, 0.4) is 0 Å². The molecule has 0 spiro atoms. The molecule has 1 aromatic carbocycles. The molecule has 0 bridgehead atoms. The maximum Gasteiger partial charge on any atom is 0.280 e. The van der Waals surface area contributed by atoms with Gasteiger partial charge in [-0.25, -0.2) is 0 Å². The van der Waals surface area contributed by atoms with E-state index in [9.17, 15) is 9.59 Å². The van der Waals surface area contributed by atoms with Crippen LogP contribution in [0.4, 0.5) is 5.00 Å². The third-order valence-corrected chi connectivity index (χ3v) is 5.79. The van der Waals surface area contributed by atoms with E-state index in [4.69, 9.17) is 5.73 Å². The minimum absolute atomic E-state index is 0.137. The number of benzene rings is 1. The Morgan fingerprint density at radius 2 is 1.74 bits per heavy atom. The van der Waals surface area contributed by atoms with Gasteiger partial charge in [0.25, 0.3) is 11.8 Å². The minimum atomic E-state index is -0.531. The van der Waals surface area contributed by atoms with Crippen LogP contribution in [-0.4, -0.2) is 18.4 Å². The van der Waals surface area contributed by atoms with Crippen LogP contribution >= 0.6 is 11.3 Å². The normalized spacial score (nSPS) is 13.4. The smallest absolute Gasteiger partial charge is 0.280 e. The topological polar surface area (TPSA) is 88.8 Å². The first-order chi connectivity index (χ1) is 12.8. The lowest BCUT2D eigenvalue weighted by Gasteiger charge is -2.20. The van der Waals surface area contributed by atoms with Gasteiger partial charge in [-0.3, -0.25) is 9.59 Å². The van der Waals surface area contributed by atoms with Crippen LogP contribution in [0.25, 0.3) is 0 Å². The average Bonchev–Trinajstić information content (AvgIpc) is 3.09. The second-order valence-corrected chi connectivity index (χ2v) is 8.18. The van der Waals surface area contributed by atoms with Gasteiger partial charge >= 0.3 is 0 Å². The van der Waals surface area contributed by atoms with Crippen molar-refractivity contribution in [3.05, 3.63) is 52.4 Å². The molecule has 2 aromatic rings. The average molecular weight is 389 g/mol. The number of hydrogen-bond donors (Lipinski definition) is 3. The Hall–Kier alpha value is -2.18. The van der Waals surface area contributed by atoms with Crippen molar-refractivity contribution < 1.29 is 14.9 Å². The van der Waals surface area contributed by atoms with Gasteiger partial charge in [-0.15, -0.1) is 11.3 Å². The molecular weight excluding hydrogens is 358 g/mol. The Labute approximate surface area is 165 Å². The minimum Gasteiger partial charge on any atom is -0.366 e. The zero-order chi connectivity index (χ0) is 20.0. The highest BCUT2D eigenvalue weighted by Crippen LogP contribution is 2.24. The van der Waals surface area contributed by atoms with E-state index in [-0.39, 0.29) is 18.5 Å². The molecule has 0 aliphatic heterocycles. The highest BCUT2D eigenvalue weighted by molar-refractivity contribution is 7.14. The van der Waals surface area contributed by atoms with Crippen LogP contribution in [0.1, 0.15) is 67.6 Å². The first-order valence-corrected chi connectivity index (χ1v) is 10.3. The maximum absolute atomic E-state index is 12.3. The molecule has 0 fully saturated rings. The van der Waals surface area contributed by atoms with E-state index in [0.29, 0.717) is 22.4 Å². The van der Waals surface area contributed by atoms with Crippen molar-refractivity contribution in [1.29, 1.82) is 0 Å². The standard InChI is InChI=1S/C21H29N3O2S/c1-5-14(4)15-6-8-16(9-7-15)19(13(2)3)23-12-18(25)24-21-17(20(22)26)10-11-27-21/h6-11,13-14,19,23H,5,12H2,1-4H3,(H2,22,26)(H,24,25)/p+1/t14-,19+/m0/s1. The lowest BCUT2D eigenvalue weighted by molar-refractivity contribution is -0.692. The summed E-state index contributed by atoms with van der Waals surface area (Å²) < 4.78 is 0. The highest BCUT2D eigenvalue weighted by atomic mass is 32.1. The summed E-state index contributed by atoms with van der Waals surface area (Å²) in [7, 11) is 0. The Bertz CT molecular complexity index is 768. The van der Waals surface area contributed by atoms with Gasteiger partial charge in [0.15, 0.2) is 6.54 Å². The second-order valence-electron chi connectivity index (χ2n) is 7.26. The quantitative estimate of drug-likeness (QED) is 0.615. The predicted molar refractivity (Wildman–Crippen MR) is 111 cm³/mol. The molecular formula is C21H30N3O2S+. The van der Waals surface area contributed by atoms with Gasteiger partial charge in [-0.05, 0) is 29.3 Å². The molecule has 0 aliphatic carbocycles. The fraction of sp³-hybridized carbons (Fsp3) is 0.429. The number of carbonyl (C=O) groups excluding carboxylic acids is 2. The summed E-state index contributed by atoms with van der Waals surface area (Å²) in [6, 6.07) is 10.5. The number of rotatable bonds is 9. The van der Waals surface area contributed by atoms with Crippen molar-refractivity contribution in [2.24, 2.45) is 11.7 Å². The number of amides is 2. The summed E-state index contributed by atoms with van der Waals surface area (Å²) in [5, 5.41) is 7.11. The third kappa shape index (κ3) is 5.65. The fourth-order valence-electron chi connectivity index (χ4n) is 3.09. The SMILES string of the molecule is CC[C@H](C)c1ccc([C@H]([NH2+]CC(=O)Nc2sccc2C(N)=O)C(C)C)cc1. The number of primary amides is 1. The van der Waals surface area contributed by atoms with Gasteiger partial charge in [-0.2, -0.15) is 0 Å². The molecule has 6 heteroatoms. The number of nitrogens with two attached hydrogens (primary N) is 2. The summed E-state index contributed by atoms with van der Waals surface area (Å²) in [4.78, 5) is 23.7. The van der Waals surface area contributed by atoms with E-state index in [2.05, 4.69) is 62.6 Å². The number of thiophene rings is 1. The van der Waals surface area contributed by atoms with Crippen LogP contribution in [-0.2, 0) is 4.79 Å². The molecule has 0 aliphatic rings. The van der Waals surface area contributed by atoms with Crippen LogP contribution < -0.4 is 16.4 Å². The van der Waals surface area contributed by atoms with Crippen LogP contribution in [0.15, 0.2) is 35.7 Å². The fourth-order valence-corrected chi connectivity index (χ4v) is 3.90.